The van der Waals surface area contributed by atoms with Crippen LogP contribution in [-0.4, -0.2) is 6.29 Å². The number of benzene rings is 1. The van der Waals surface area contributed by atoms with E-state index >= 15 is 0 Å². The SMILES string of the molecule is O=CC(S)c1ccc(Cl)cc1Cl. The fraction of sp³-hybridized carbons (Fsp3) is 0.125. The molecule has 1 nitrogen and oxygen atoms in total. The molecule has 1 atom stereocenters. The quantitative estimate of drug-likeness (QED) is 0.599. The molecule has 0 heterocycles. The van der Waals surface area contributed by atoms with Gasteiger partial charge in [-0.2, -0.15) is 12.6 Å². The standard InChI is InChI=1S/C8H6Cl2OS/c9-5-1-2-6(7(10)3-5)8(12)4-11/h1-4,8,12H. The van der Waals surface area contributed by atoms with Crippen LogP contribution in [0.25, 0.3) is 0 Å². The van der Waals surface area contributed by atoms with Gasteiger partial charge in [0.15, 0.2) is 0 Å². The maximum atomic E-state index is 10.4. The summed E-state index contributed by atoms with van der Waals surface area (Å²) in [4.78, 5) is 10.4. The Labute approximate surface area is 86.1 Å². The van der Waals surface area contributed by atoms with Gasteiger partial charge < -0.3 is 4.79 Å². The molecule has 0 aliphatic rings. The van der Waals surface area contributed by atoms with Gasteiger partial charge in [0, 0.05) is 10.0 Å². The van der Waals surface area contributed by atoms with Crippen LogP contribution in [0.15, 0.2) is 18.2 Å². The fourth-order valence-electron chi connectivity index (χ4n) is 0.815. The lowest BCUT2D eigenvalue weighted by Crippen LogP contribution is -1.91. The summed E-state index contributed by atoms with van der Waals surface area (Å²) in [7, 11) is 0. The minimum atomic E-state index is -0.477. The molecule has 1 unspecified atom stereocenters. The van der Waals surface area contributed by atoms with Crippen LogP contribution in [0.5, 0.6) is 0 Å². The van der Waals surface area contributed by atoms with Gasteiger partial charge >= 0.3 is 0 Å². The second-order valence-electron chi connectivity index (χ2n) is 2.25. The van der Waals surface area contributed by atoms with Crippen LogP contribution < -0.4 is 0 Å². The zero-order valence-corrected chi connectivity index (χ0v) is 8.40. The maximum Gasteiger partial charge on any atom is 0.137 e. The Morgan fingerprint density at radius 3 is 2.58 bits per heavy atom. The summed E-state index contributed by atoms with van der Waals surface area (Å²) in [5.74, 6) is 0. The van der Waals surface area contributed by atoms with Gasteiger partial charge in [-0.15, -0.1) is 0 Å². The Balaban J connectivity index is 3.09. The highest BCUT2D eigenvalue weighted by Crippen LogP contribution is 2.28. The number of hydrogen-bond donors (Lipinski definition) is 1. The van der Waals surface area contributed by atoms with Gasteiger partial charge in [-0.25, -0.2) is 0 Å². The molecule has 64 valence electrons. The van der Waals surface area contributed by atoms with E-state index in [1.807, 2.05) is 0 Å². The van der Waals surface area contributed by atoms with Crippen molar-refractivity contribution in [1.29, 1.82) is 0 Å². The van der Waals surface area contributed by atoms with E-state index in [0.717, 1.165) is 6.29 Å². The monoisotopic (exact) mass is 220 g/mol. The number of carbonyl (C=O) groups is 1. The number of hydrogen-bond acceptors (Lipinski definition) is 2. The Morgan fingerprint density at radius 1 is 1.42 bits per heavy atom. The summed E-state index contributed by atoms with van der Waals surface area (Å²) < 4.78 is 0. The van der Waals surface area contributed by atoms with Crippen LogP contribution >= 0.6 is 35.8 Å². The molecule has 0 saturated carbocycles. The molecule has 1 rings (SSSR count). The lowest BCUT2D eigenvalue weighted by Gasteiger charge is -2.05. The molecule has 12 heavy (non-hydrogen) atoms. The molecule has 0 fully saturated rings. The molecular formula is C8H6Cl2OS. The Hall–Kier alpha value is -0.180. The van der Waals surface area contributed by atoms with Gasteiger partial charge in [0.1, 0.15) is 6.29 Å². The van der Waals surface area contributed by atoms with Crippen LogP contribution in [0.2, 0.25) is 10.0 Å². The first-order chi connectivity index (χ1) is 5.65. The van der Waals surface area contributed by atoms with Crippen LogP contribution in [0.1, 0.15) is 10.8 Å². The minimum Gasteiger partial charge on any atom is -0.302 e. The first-order valence-electron chi connectivity index (χ1n) is 3.23. The van der Waals surface area contributed by atoms with Crippen molar-refractivity contribution in [3.05, 3.63) is 33.8 Å². The molecular weight excluding hydrogens is 215 g/mol. The Morgan fingerprint density at radius 2 is 2.08 bits per heavy atom. The molecule has 4 heteroatoms. The molecule has 0 aliphatic carbocycles. The normalized spacial score (nSPS) is 12.6. The molecule has 0 saturated heterocycles. The summed E-state index contributed by atoms with van der Waals surface area (Å²) in [6, 6.07) is 4.96. The zero-order chi connectivity index (χ0) is 9.14. The molecule has 0 N–H and O–H groups in total. The molecule has 0 aliphatic heterocycles. The van der Waals surface area contributed by atoms with Gasteiger partial charge in [-0.3, -0.25) is 0 Å². The second-order valence-corrected chi connectivity index (χ2v) is 3.65. The third kappa shape index (κ3) is 2.16. The highest BCUT2D eigenvalue weighted by atomic mass is 35.5. The lowest BCUT2D eigenvalue weighted by atomic mass is 10.1. The Bertz CT molecular complexity index is 301. The van der Waals surface area contributed by atoms with Crippen molar-refractivity contribution in [2.45, 2.75) is 5.25 Å². The van der Waals surface area contributed by atoms with E-state index in [9.17, 15) is 4.79 Å². The van der Waals surface area contributed by atoms with E-state index in [1.165, 1.54) is 0 Å². The van der Waals surface area contributed by atoms with Crippen molar-refractivity contribution in [3.63, 3.8) is 0 Å². The number of thiol groups is 1. The first kappa shape index (κ1) is 9.90. The van der Waals surface area contributed by atoms with Crippen molar-refractivity contribution < 1.29 is 4.79 Å². The van der Waals surface area contributed by atoms with E-state index in [2.05, 4.69) is 12.6 Å². The van der Waals surface area contributed by atoms with E-state index in [4.69, 9.17) is 23.2 Å². The Kier molecular flexibility index (Phi) is 3.44. The molecule has 0 aromatic heterocycles. The molecule has 1 aromatic rings. The summed E-state index contributed by atoms with van der Waals surface area (Å²) in [6.07, 6.45) is 0.720. The predicted octanol–water partition coefficient (Wildman–Crippen LogP) is 3.16. The number of halogens is 2. The molecule has 0 bridgehead atoms. The molecule has 0 spiro atoms. The van der Waals surface area contributed by atoms with Gasteiger partial charge in [0.2, 0.25) is 0 Å². The topological polar surface area (TPSA) is 17.1 Å². The molecule has 0 amide bonds. The van der Waals surface area contributed by atoms with Crippen molar-refractivity contribution in [2.24, 2.45) is 0 Å². The smallest absolute Gasteiger partial charge is 0.137 e. The highest BCUT2D eigenvalue weighted by Gasteiger charge is 2.08. The summed E-state index contributed by atoms with van der Waals surface area (Å²) in [6.45, 7) is 0. The highest BCUT2D eigenvalue weighted by molar-refractivity contribution is 7.81. The van der Waals surface area contributed by atoms with Gasteiger partial charge in [-0.1, -0.05) is 29.3 Å². The first-order valence-corrected chi connectivity index (χ1v) is 4.50. The van der Waals surface area contributed by atoms with Crippen LogP contribution in [-0.2, 0) is 4.79 Å². The van der Waals surface area contributed by atoms with Crippen molar-refractivity contribution >= 4 is 42.1 Å². The third-order valence-corrected chi connectivity index (χ3v) is 2.37. The van der Waals surface area contributed by atoms with Crippen LogP contribution in [0.3, 0.4) is 0 Å². The van der Waals surface area contributed by atoms with Gasteiger partial charge in [-0.05, 0) is 17.7 Å². The number of carbonyl (C=O) groups excluding carboxylic acids is 1. The van der Waals surface area contributed by atoms with E-state index in [0.29, 0.717) is 15.6 Å². The van der Waals surface area contributed by atoms with Crippen LogP contribution in [0.4, 0.5) is 0 Å². The molecule has 1 aromatic carbocycles. The van der Waals surface area contributed by atoms with E-state index < -0.39 is 5.25 Å². The van der Waals surface area contributed by atoms with Gasteiger partial charge in [0.05, 0.1) is 5.25 Å². The van der Waals surface area contributed by atoms with E-state index in [1.54, 1.807) is 18.2 Å². The van der Waals surface area contributed by atoms with Crippen molar-refractivity contribution in [1.82, 2.24) is 0 Å². The summed E-state index contributed by atoms with van der Waals surface area (Å²) in [5.41, 5.74) is 0.680. The lowest BCUT2D eigenvalue weighted by molar-refractivity contribution is -0.107. The van der Waals surface area contributed by atoms with Gasteiger partial charge in [0.25, 0.3) is 0 Å². The molecule has 0 radical (unpaired) electrons. The average molecular weight is 221 g/mol. The zero-order valence-electron chi connectivity index (χ0n) is 6.00. The second kappa shape index (κ2) is 4.17. The third-order valence-electron chi connectivity index (χ3n) is 1.41. The summed E-state index contributed by atoms with van der Waals surface area (Å²) in [5, 5.41) is 0.541. The largest absolute Gasteiger partial charge is 0.302 e. The minimum absolute atomic E-state index is 0.467. The van der Waals surface area contributed by atoms with Crippen LogP contribution in [0, 0.1) is 0 Å². The van der Waals surface area contributed by atoms with Crippen molar-refractivity contribution in [2.75, 3.05) is 0 Å². The maximum absolute atomic E-state index is 10.4. The number of rotatable bonds is 2. The number of aldehydes is 1. The fourth-order valence-corrected chi connectivity index (χ4v) is 1.64. The predicted molar refractivity (Wildman–Crippen MR) is 54.3 cm³/mol. The van der Waals surface area contributed by atoms with E-state index in [-0.39, 0.29) is 0 Å². The van der Waals surface area contributed by atoms with Crippen molar-refractivity contribution in [3.8, 4) is 0 Å². The average Bonchev–Trinajstić information content (AvgIpc) is 2.03. The summed E-state index contributed by atoms with van der Waals surface area (Å²) >= 11 is 15.5.